The van der Waals surface area contributed by atoms with Crippen LogP contribution in [-0.2, 0) is 4.79 Å². The number of nitrogens with zero attached hydrogens (tertiary/aromatic N) is 1. The van der Waals surface area contributed by atoms with Crippen LogP contribution in [0.25, 0.3) is 0 Å². The lowest BCUT2D eigenvalue weighted by Gasteiger charge is -2.30. The number of hydrogen-bond donors (Lipinski definition) is 3. The maximum Gasteiger partial charge on any atom is 0.326 e. The van der Waals surface area contributed by atoms with Crippen LogP contribution in [0, 0.1) is 5.41 Å². The van der Waals surface area contributed by atoms with Crippen molar-refractivity contribution in [2.45, 2.75) is 33.7 Å². The third-order valence-electron chi connectivity index (χ3n) is 2.42. The van der Waals surface area contributed by atoms with Crippen LogP contribution < -0.4 is 5.32 Å². The number of aliphatic carboxylic acids is 1. The zero-order chi connectivity index (χ0) is 13.6. The standard InChI is InChI=1S/C11H22N2O4/c1-5-13(6-7-14)10(17)12-8(9(15)16)11(2,3)4/h8,14H,5-7H2,1-4H3,(H,12,17)(H,15,16)/t8-/m1/s1. The molecule has 6 nitrogen and oxygen atoms in total. The van der Waals surface area contributed by atoms with Crippen LogP contribution in [0.1, 0.15) is 27.7 Å². The number of carboxylic acid groups (broad SMARTS) is 1. The van der Waals surface area contributed by atoms with Gasteiger partial charge in [0.05, 0.1) is 6.61 Å². The topological polar surface area (TPSA) is 89.9 Å². The molecule has 0 aromatic rings. The first kappa shape index (κ1) is 15.7. The predicted molar refractivity (Wildman–Crippen MR) is 63.7 cm³/mol. The minimum Gasteiger partial charge on any atom is -0.480 e. The molecule has 3 N–H and O–H groups in total. The second kappa shape index (κ2) is 6.44. The minimum atomic E-state index is -1.06. The van der Waals surface area contributed by atoms with Gasteiger partial charge < -0.3 is 20.4 Å². The Bertz CT molecular complexity index is 273. The van der Waals surface area contributed by atoms with Crippen molar-refractivity contribution in [2.24, 2.45) is 5.41 Å². The van der Waals surface area contributed by atoms with Crippen molar-refractivity contribution < 1.29 is 19.8 Å². The van der Waals surface area contributed by atoms with Crippen LogP contribution >= 0.6 is 0 Å². The lowest BCUT2D eigenvalue weighted by Crippen LogP contribution is -2.53. The number of aliphatic hydroxyl groups is 1. The highest BCUT2D eigenvalue weighted by atomic mass is 16.4. The van der Waals surface area contributed by atoms with E-state index in [9.17, 15) is 9.59 Å². The van der Waals surface area contributed by atoms with Crippen LogP contribution in [0.4, 0.5) is 4.79 Å². The molecule has 2 amide bonds. The Kier molecular flexibility index (Phi) is 5.95. The fraction of sp³-hybridized carbons (Fsp3) is 0.818. The van der Waals surface area contributed by atoms with Gasteiger partial charge in [-0.25, -0.2) is 9.59 Å². The summed E-state index contributed by atoms with van der Waals surface area (Å²) in [5.41, 5.74) is -0.569. The zero-order valence-corrected chi connectivity index (χ0v) is 10.9. The number of carbonyl (C=O) groups excluding carboxylic acids is 1. The van der Waals surface area contributed by atoms with E-state index in [1.807, 2.05) is 0 Å². The first-order valence-corrected chi connectivity index (χ1v) is 5.63. The van der Waals surface area contributed by atoms with Crippen molar-refractivity contribution in [3.05, 3.63) is 0 Å². The molecule has 0 aliphatic rings. The van der Waals surface area contributed by atoms with E-state index >= 15 is 0 Å². The average molecular weight is 246 g/mol. The molecule has 1 atom stereocenters. The molecule has 0 aliphatic heterocycles. The summed E-state index contributed by atoms with van der Waals surface area (Å²) in [5.74, 6) is -1.06. The number of carbonyl (C=O) groups is 2. The second-order valence-corrected chi connectivity index (χ2v) is 4.89. The van der Waals surface area contributed by atoms with Gasteiger partial charge in [-0.3, -0.25) is 0 Å². The number of aliphatic hydroxyl groups excluding tert-OH is 1. The fourth-order valence-corrected chi connectivity index (χ4v) is 1.39. The summed E-state index contributed by atoms with van der Waals surface area (Å²) in [6.45, 7) is 7.47. The van der Waals surface area contributed by atoms with Crippen molar-refractivity contribution in [3.8, 4) is 0 Å². The third kappa shape index (κ3) is 5.04. The molecule has 0 aliphatic carbocycles. The lowest BCUT2D eigenvalue weighted by molar-refractivity contribution is -0.142. The zero-order valence-electron chi connectivity index (χ0n) is 10.9. The molecule has 100 valence electrons. The van der Waals surface area contributed by atoms with Gasteiger partial charge in [0.1, 0.15) is 6.04 Å². The summed E-state index contributed by atoms with van der Waals surface area (Å²) in [7, 11) is 0. The van der Waals surface area contributed by atoms with E-state index in [4.69, 9.17) is 10.2 Å². The monoisotopic (exact) mass is 246 g/mol. The predicted octanol–water partition coefficient (Wildman–Crippen LogP) is 0.509. The van der Waals surface area contributed by atoms with Gasteiger partial charge in [0, 0.05) is 13.1 Å². The van der Waals surface area contributed by atoms with Gasteiger partial charge in [-0.2, -0.15) is 0 Å². The lowest BCUT2D eigenvalue weighted by atomic mass is 9.87. The molecule has 0 aromatic carbocycles. The Labute approximate surface area is 102 Å². The van der Waals surface area contributed by atoms with Crippen LogP contribution in [0.5, 0.6) is 0 Å². The summed E-state index contributed by atoms with van der Waals surface area (Å²) in [4.78, 5) is 24.2. The number of hydrogen-bond acceptors (Lipinski definition) is 3. The number of likely N-dealkylation sites (N-methyl/N-ethyl adjacent to an activating group) is 1. The molecular formula is C11H22N2O4. The van der Waals surface area contributed by atoms with E-state index in [2.05, 4.69) is 5.32 Å². The Morgan fingerprint density at radius 3 is 2.18 bits per heavy atom. The maximum absolute atomic E-state index is 11.8. The van der Waals surface area contributed by atoms with Gasteiger partial charge in [-0.05, 0) is 12.3 Å². The van der Waals surface area contributed by atoms with Crippen molar-refractivity contribution >= 4 is 12.0 Å². The molecule has 0 bridgehead atoms. The van der Waals surface area contributed by atoms with E-state index in [1.54, 1.807) is 27.7 Å². The first-order chi connectivity index (χ1) is 7.73. The molecule has 0 aromatic heterocycles. The van der Waals surface area contributed by atoms with Crippen molar-refractivity contribution in [2.75, 3.05) is 19.7 Å². The van der Waals surface area contributed by atoms with Gasteiger partial charge in [0.25, 0.3) is 0 Å². The van der Waals surface area contributed by atoms with E-state index < -0.39 is 23.5 Å². The highest BCUT2D eigenvalue weighted by molar-refractivity contribution is 5.83. The van der Waals surface area contributed by atoms with Gasteiger partial charge in [-0.1, -0.05) is 20.8 Å². The van der Waals surface area contributed by atoms with E-state index in [1.165, 1.54) is 4.90 Å². The van der Waals surface area contributed by atoms with Crippen LogP contribution in [-0.4, -0.2) is 52.9 Å². The van der Waals surface area contributed by atoms with E-state index in [0.29, 0.717) is 6.54 Å². The molecule has 0 fully saturated rings. The van der Waals surface area contributed by atoms with Gasteiger partial charge in [0.15, 0.2) is 0 Å². The number of rotatable bonds is 5. The molecule has 0 heterocycles. The molecule has 0 rings (SSSR count). The molecule has 6 heteroatoms. The average Bonchev–Trinajstić information content (AvgIpc) is 2.19. The van der Waals surface area contributed by atoms with Gasteiger partial charge >= 0.3 is 12.0 Å². The summed E-state index contributed by atoms with van der Waals surface area (Å²) >= 11 is 0. The molecular weight excluding hydrogens is 224 g/mol. The molecule has 0 saturated carbocycles. The Balaban J connectivity index is 4.66. The third-order valence-corrected chi connectivity index (χ3v) is 2.42. The fourth-order valence-electron chi connectivity index (χ4n) is 1.39. The van der Waals surface area contributed by atoms with Crippen molar-refractivity contribution in [1.82, 2.24) is 10.2 Å². The SMILES string of the molecule is CCN(CCO)C(=O)N[C@H](C(=O)O)C(C)(C)C. The van der Waals surface area contributed by atoms with E-state index in [-0.39, 0.29) is 13.2 Å². The number of urea groups is 1. The largest absolute Gasteiger partial charge is 0.480 e. The quantitative estimate of drug-likeness (QED) is 0.659. The highest BCUT2D eigenvalue weighted by Crippen LogP contribution is 2.19. The van der Waals surface area contributed by atoms with Gasteiger partial charge in [-0.15, -0.1) is 0 Å². The van der Waals surface area contributed by atoms with Crippen LogP contribution in [0.2, 0.25) is 0 Å². The van der Waals surface area contributed by atoms with Crippen molar-refractivity contribution in [3.63, 3.8) is 0 Å². The minimum absolute atomic E-state index is 0.144. The maximum atomic E-state index is 11.8. The Hall–Kier alpha value is -1.30. The summed E-state index contributed by atoms with van der Waals surface area (Å²) in [6, 6.07) is -1.42. The Morgan fingerprint density at radius 2 is 1.88 bits per heavy atom. The smallest absolute Gasteiger partial charge is 0.326 e. The number of carboxylic acids is 1. The van der Waals surface area contributed by atoms with Gasteiger partial charge in [0.2, 0.25) is 0 Å². The number of nitrogens with one attached hydrogen (secondary N) is 1. The normalized spacial score (nSPS) is 13.0. The summed E-state index contributed by atoms with van der Waals surface area (Å²) < 4.78 is 0. The molecule has 0 spiro atoms. The molecule has 0 saturated heterocycles. The molecule has 0 radical (unpaired) electrons. The van der Waals surface area contributed by atoms with Crippen LogP contribution in [0.15, 0.2) is 0 Å². The van der Waals surface area contributed by atoms with Crippen LogP contribution in [0.3, 0.4) is 0 Å². The first-order valence-electron chi connectivity index (χ1n) is 5.63. The Morgan fingerprint density at radius 1 is 1.35 bits per heavy atom. The molecule has 0 unspecified atom stereocenters. The molecule has 17 heavy (non-hydrogen) atoms. The summed E-state index contributed by atoms with van der Waals surface area (Å²) in [5, 5.41) is 20.3. The second-order valence-electron chi connectivity index (χ2n) is 4.89. The highest BCUT2D eigenvalue weighted by Gasteiger charge is 2.33. The van der Waals surface area contributed by atoms with Crippen molar-refractivity contribution in [1.29, 1.82) is 0 Å². The number of amides is 2. The van der Waals surface area contributed by atoms with E-state index in [0.717, 1.165) is 0 Å². The summed E-state index contributed by atoms with van der Waals surface area (Å²) in [6.07, 6.45) is 0.